The molecule has 0 spiro atoms. The zero-order chi connectivity index (χ0) is 14.8. The number of halogens is 2. The van der Waals surface area contributed by atoms with E-state index in [-0.39, 0.29) is 10.8 Å². The summed E-state index contributed by atoms with van der Waals surface area (Å²) in [6, 6.07) is 8.29. The highest BCUT2D eigenvalue weighted by Crippen LogP contribution is 2.39. The third kappa shape index (κ3) is 2.93. The maximum Gasteiger partial charge on any atom is 0.351 e. The van der Waals surface area contributed by atoms with Crippen molar-refractivity contribution >= 4 is 17.3 Å². The molecule has 20 heavy (non-hydrogen) atoms. The monoisotopic (exact) mass is 299 g/mol. The molecule has 0 aliphatic carbocycles. The first kappa shape index (κ1) is 14.4. The summed E-state index contributed by atoms with van der Waals surface area (Å²) in [5, 5.41) is 8.49. The molecule has 0 aliphatic heterocycles. The summed E-state index contributed by atoms with van der Waals surface area (Å²) in [6.07, 6.45) is -0.454. The smallest absolute Gasteiger partial charge is 0.351 e. The number of hydrogen-bond acceptors (Lipinski definition) is 4. The van der Waals surface area contributed by atoms with Gasteiger partial charge in [0.2, 0.25) is 5.88 Å². The fraction of sp³-hybridized carbons (Fsp3) is 0.231. The Bertz CT molecular complexity index is 613. The van der Waals surface area contributed by atoms with Gasteiger partial charge in [0.1, 0.15) is 5.75 Å². The molecule has 1 N–H and O–H groups in total. The summed E-state index contributed by atoms with van der Waals surface area (Å²) in [5.41, 5.74) is 0. The highest BCUT2D eigenvalue weighted by atomic mass is 32.1. The molecule has 0 fully saturated rings. The van der Waals surface area contributed by atoms with Gasteiger partial charge in [0.25, 0.3) is 5.92 Å². The molecule has 4 nitrogen and oxygen atoms in total. The molecule has 2 aromatic rings. The number of ether oxygens (including phenoxy) is 1. The summed E-state index contributed by atoms with van der Waals surface area (Å²) in [6.45, 7) is 1.31. The number of rotatable bonds is 5. The second-order valence-electron chi connectivity index (χ2n) is 3.93. The number of carboxylic acid groups (broad SMARTS) is 1. The first-order valence-electron chi connectivity index (χ1n) is 5.79. The lowest BCUT2D eigenvalue weighted by Crippen LogP contribution is -2.10. The van der Waals surface area contributed by atoms with E-state index in [0.29, 0.717) is 17.1 Å². The van der Waals surface area contributed by atoms with Gasteiger partial charge in [-0.25, -0.2) is 4.79 Å². The number of aromatic carboxylic acids is 1. The molecule has 0 saturated heterocycles. The van der Waals surface area contributed by atoms with Crippen molar-refractivity contribution in [2.45, 2.75) is 19.3 Å². The highest BCUT2D eigenvalue weighted by molar-refractivity contribution is 7.14. The molecule has 1 aromatic carbocycles. The van der Waals surface area contributed by atoms with Gasteiger partial charge in [-0.05, 0) is 12.1 Å². The summed E-state index contributed by atoms with van der Waals surface area (Å²) in [7, 11) is 0. The number of hydrogen-bond donors (Lipinski definition) is 1. The van der Waals surface area contributed by atoms with Crippen LogP contribution in [0.4, 0.5) is 8.78 Å². The zero-order valence-electron chi connectivity index (χ0n) is 10.5. The Labute approximate surface area is 117 Å². The molecular formula is C13H11F2NO3S. The molecule has 2 rings (SSSR count). The number of nitrogens with zero attached hydrogens (tertiary/aromatic N) is 1. The minimum Gasteiger partial charge on any atom is -0.477 e. The lowest BCUT2D eigenvalue weighted by Gasteiger charge is -2.08. The first-order valence-corrected chi connectivity index (χ1v) is 6.61. The van der Waals surface area contributed by atoms with Crippen LogP contribution in [0, 0.1) is 0 Å². The highest BCUT2D eigenvalue weighted by Gasteiger charge is 2.36. The third-order valence-electron chi connectivity index (χ3n) is 2.50. The van der Waals surface area contributed by atoms with Gasteiger partial charge in [-0.1, -0.05) is 25.1 Å². The van der Waals surface area contributed by atoms with Crippen LogP contribution >= 0.6 is 11.3 Å². The van der Waals surface area contributed by atoms with Crippen LogP contribution in [-0.2, 0) is 5.92 Å². The summed E-state index contributed by atoms with van der Waals surface area (Å²) in [5.74, 6) is -4.47. The molecule has 0 radical (unpaired) electrons. The molecule has 1 aromatic heterocycles. The number of thiazole rings is 1. The molecule has 1 heterocycles. The summed E-state index contributed by atoms with van der Waals surface area (Å²) >= 11 is 0.433. The van der Waals surface area contributed by atoms with Crippen molar-refractivity contribution in [3.05, 3.63) is 40.2 Å². The van der Waals surface area contributed by atoms with Gasteiger partial charge in [-0.2, -0.15) is 13.8 Å². The Balaban J connectivity index is 2.39. The zero-order valence-corrected chi connectivity index (χ0v) is 11.3. The molecule has 0 bridgehead atoms. The van der Waals surface area contributed by atoms with Crippen molar-refractivity contribution in [3.63, 3.8) is 0 Å². The van der Waals surface area contributed by atoms with E-state index in [2.05, 4.69) is 4.98 Å². The van der Waals surface area contributed by atoms with E-state index < -0.39 is 23.3 Å². The number of alkyl halides is 2. The molecule has 0 amide bonds. The number of aromatic nitrogens is 1. The normalized spacial score (nSPS) is 11.3. The van der Waals surface area contributed by atoms with Crippen molar-refractivity contribution in [2.24, 2.45) is 0 Å². The van der Waals surface area contributed by atoms with Crippen molar-refractivity contribution in [1.82, 2.24) is 4.98 Å². The topological polar surface area (TPSA) is 59.4 Å². The van der Waals surface area contributed by atoms with Gasteiger partial charge in [-0.15, -0.1) is 11.3 Å². The van der Waals surface area contributed by atoms with Crippen LogP contribution in [0.2, 0.25) is 0 Å². The SMILES string of the molecule is CCC(F)(F)c1nc(Oc2ccccc2)c(C(=O)O)s1. The van der Waals surface area contributed by atoms with Gasteiger partial charge in [0, 0.05) is 6.42 Å². The van der Waals surface area contributed by atoms with E-state index in [1.165, 1.54) is 6.92 Å². The Morgan fingerprint density at radius 2 is 2.05 bits per heavy atom. The van der Waals surface area contributed by atoms with Gasteiger partial charge in [0.05, 0.1) is 0 Å². The maximum absolute atomic E-state index is 13.6. The molecular weight excluding hydrogens is 288 g/mol. The van der Waals surface area contributed by atoms with Crippen molar-refractivity contribution < 1.29 is 23.4 Å². The van der Waals surface area contributed by atoms with Crippen LogP contribution in [-0.4, -0.2) is 16.1 Å². The fourth-order valence-electron chi connectivity index (χ4n) is 1.42. The molecule has 106 valence electrons. The number of carbonyl (C=O) groups is 1. The number of para-hydroxylation sites is 1. The molecule has 0 saturated carbocycles. The van der Waals surface area contributed by atoms with Crippen LogP contribution in [0.3, 0.4) is 0 Å². The van der Waals surface area contributed by atoms with Crippen LogP contribution < -0.4 is 4.74 Å². The number of benzene rings is 1. The quantitative estimate of drug-likeness (QED) is 0.901. The van der Waals surface area contributed by atoms with Crippen LogP contribution in [0.15, 0.2) is 30.3 Å². The Hall–Kier alpha value is -2.02. The first-order chi connectivity index (χ1) is 9.44. The fourth-order valence-corrected chi connectivity index (χ4v) is 2.30. The van der Waals surface area contributed by atoms with Gasteiger partial charge in [0.15, 0.2) is 9.88 Å². The van der Waals surface area contributed by atoms with E-state index in [1.807, 2.05) is 0 Å². The average molecular weight is 299 g/mol. The second kappa shape index (κ2) is 5.54. The average Bonchev–Trinajstić information content (AvgIpc) is 2.85. The van der Waals surface area contributed by atoms with Gasteiger partial charge in [-0.3, -0.25) is 0 Å². The molecule has 0 aliphatic rings. The summed E-state index contributed by atoms with van der Waals surface area (Å²) in [4.78, 5) is 14.4. The van der Waals surface area contributed by atoms with E-state index in [9.17, 15) is 13.6 Å². The van der Waals surface area contributed by atoms with Crippen molar-refractivity contribution in [3.8, 4) is 11.6 Å². The minimum absolute atomic E-state index is 0.308. The predicted molar refractivity (Wildman–Crippen MR) is 69.8 cm³/mol. The van der Waals surface area contributed by atoms with Crippen LogP contribution in [0.25, 0.3) is 0 Å². The predicted octanol–water partition coefficient (Wildman–Crippen LogP) is 4.14. The van der Waals surface area contributed by atoms with Gasteiger partial charge < -0.3 is 9.84 Å². The largest absolute Gasteiger partial charge is 0.477 e. The Morgan fingerprint density at radius 1 is 1.40 bits per heavy atom. The standard InChI is InChI=1S/C13H11F2NO3S/c1-2-13(14,15)12-16-10(9(20-12)11(17)18)19-8-6-4-3-5-7-8/h3-7H,2H2,1H3,(H,17,18). The van der Waals surface area contributed by atoms with E-state index >= 15 is 0 Å². The maximum atomic E-state index is 13.6. The van der Waals surface area contributed by atoms with E-state index in [4.69, 9.17) is 9.84 Å². The second-order valence-corrected chi connectivity index (χ2v) is 4.93. The van der Waals surface area contributed by atoms with E-state index in [1.54, 1.807) is 30.3 Å². The molecule has 0 unspecified atom stereocenters. The van der Waals surface area contributed by atoms with Gasteiger partial charge >= 0.3 is 5.97 Å². The lowest BCUT2D eigenvalue weighted by molar-refractivity contribution is -0.00876. The van der Waals surface area contributed by atoms with Crippen molar-refractivity contribution in [1.29, 1.82) is 0 Å². The van der Waals surface area contributed by atoms with Crippen LogP contribution in [0.1, 0.15) is 28.0 Å². The van der Waals surface area contributed by atoms with E-state index in [0.717, 1.165) is 0 Å². The minimum atomic E-state index is -3.16. The lowest BCUT2D eigenvalue weighted by atomic mass is 10.3. The Kier molecular flexibility index (Phi) is 3.99. The van der Waals surface area contributed by atoms with Crippen LogP contribution in [0.5, 0.6) is 11.6 Å². The molecule has 0 atom stereocenters. The summed E-state index contributed by atoms with van der Waals surface area (Å²) < 4.78 is 32.4. The Morgan fingerprint density at radius 3 is 2.60 bits per heavy atom. The molecule has 7 heteroatoms. The van der Waals surface area contributed by atoms with Crippen molar-refractivity contribution in [2.75, 3.05) is 0 Å². The third-order valence-corrected chi connectivity index (χ3v) is 3.64. The number of carboxylic acids is 1.